The number of nitrogens with zero attached hydrogens (tertiary/aromatic N) is 3. The molecule has 3 rings (SSSR count). The Hall–Kier alpha value is -2.91. The predicted octanol–water partition coefficient (Wildman–Crippen LogP) is 2.61. The summed E-state index contributed by atoms with van der Waals surface area (Å²) in [4.78, 5) is 12.3. The Morgan fingerprint density at radius 2 is 1.63 bits per heavy atom. The monoisotopic (exact) mass is 405 g/mol. The van der Waals surface area contributed by atoms with Gasteiger partial charge in [-0.05, 0) is 48.9 Å². The van der Waals surface area contributed by atoms with Crippen LogP contribution < -0.4 is 10.1 Å². The van der Waals surface area contributed by atoms with Crippen molar-refractivity contribution >= 4 is 33.2 Å². The average Bonchev–Trinajstić information content (AvgIpc) is 3.15. The van der Waals surface area contributed by atoms with E-state index in [1.807, 2.05) is 0 Å². The van der Waals surface area contributed by atoms with Gasteiger partial charge in [-0.1, -0.05) is 23.7 Å². The first-order chi connectivity index (χ1) is 12.8. The minimum atomic E-state index is -3.72. The predicted molar refractivity (Wildman–Crippen MR) is 102 cm³/mol. The molecule has 0 radical (unpaired) electrons. The third-order valence-electron chi connectivity index (χ3n) is 3.84. The second kappa shape index (κ2) is 7.77. The summed E-state index contributed by atoms with van der Waals surface area (Å²) in [6, 6.07) is 12.5. The van der Waals surface area contributed by atoms with E-state index in [9.17, 15) is 13.2 Å². The Kier molecular flexibility index (Phi) is 5.43. The quantitative estimate of drug-likeness (QED) is 0.655. The number of rotatable bonds is 6. The Morgan fingerprint density at radius 1 is 1.04 bits per heavy atom. The van der Waals surface area contributed by atoms with Gasteiger partial charge < -0.3 is 0 Å². The molecule has 0 aliphatic rings. The molecule has 2 N–H and O–H groups in total. The van der Waals surface area contributed by atoms with E-state index in [0.717, 1.165) is 5.56 Å². The number of aromatic nitrogens is 3. The van der Waals surface area contributed by atoms with Gasteiger partial charge in [0.25, 0.3) is 10.0 Å². The second-order valence-electron chi connectivity index (χ2n) is 5.75. The molecule has 1 heterocycles. The van der Waals surface area contributed by atoms with Crippen LogP contribution in [-0.2, 0) is 14.8 Å². The highest BCUT2D eigenvalue weighted by Crippen LogP contribution is 2.21. The summed E-state index contributed by atoms with van der Waals surface area (Å²) in [6.07, 6.45) is 2.75. The lowest BCUT2D eigenvalue weighted by molar-refractivity contribution is -0.118. The maximum atomic E-state index is 12.4. The molecule has 1 amide bonds. The topological polar surface area (TPSA) is 106 Å². The van der Waals surface area contributed by atoms with Crippen LogP contribution >= 0.6 is 11.6 Å². The smallest absolute Gasteiger partial charge is 0.261 e. The summed E-state index contributed by atoms with van der Waals surface area (Å²) in [5, 5.41) is 7.67. The van der Waals surface area contributed by atoms with Gasteiger partial charge in [-0.3, -0.25) is 14.9 Å². The van der Waals surface area contributed by atoms with Crippen molar-refractivity contribution in [2.24, 2.45) is 0 Å². The second-order valence-corrected chi connectivity index (χ2v) is 7.87. The molecule has 2 aromatic carbocycles. The lowest BCUT2D eigenvalue weighted by atomic mass is 10.0. The zero-order chi connectivity index (χ0) is 19.4. The fraction of sp³-hybridized carbons (Fsp3) is 0.118. The number of benzene rings is 2. The molecule has 8 nitrogen and oxygen atoms in total. The van der Waals surface area contributed by atoms with Crippen molar-refractivity contribution in [3.05, 3.63) is 71.8 Å². The minimum Gasteiger partial charge on any atom is -0.280 e. The first-order valence-electron chi connectivity index (χ1n) is 7.89. The summed E-state index contributed by atoms with van der Waals surface area (Å²) in [5.41, 5.74) is 3.75. The van der Waals surface area contributed by atoms with Crippen LogP contribution in [0.5, 0.6) is 0 Å². The summed E-state index contributed by atoms with van der Waals surface area (Å²) >= 11 is 5.78. The number of halogens is 1. The molecule has 0 aliphatic heterocycles. The molecular formula is C17H16ClN5O3S. The number of anilines is 1. The average molecular weight is 406 g/mol. The van der Waals surface area contributed by atoms with Crippen molar-refractivity contribution in [1.29, 1.82) is 0 Å². The van der Waals surface area contributed by atoms with Crippen LogP contribution in [0, 0.1) is 0 Å². The summed E-state index contributed by atoms with van der Waals surface area (Å²) in [6.45, 7) is 1.74. The van der Waals surface area contributed by atoms with Gasteiger partial charge >= 0.3 is 0 Å². The highest BCUT2D eigenvalue weighted by Gasteiger charge is 2.17. The Morgan fingerprint density at radius 3 is 2.22 bits per heavy atom. The Labute approximate surface area is 161 Å². The van der Waals surface area contributed by atoms with Gasteiger partial charge in [0.05, 0.1) is 10.8 Å². The molecule has 0 bridgehead atoms. The molecule has 1 unspecified atom stereocenters. The SMILES string of the molecule is CC(C(=O)Nn1cnnc1)c1ccc(NS(=O)(=O)c2ccc(Cl)cc2)cc1. The molecule has 1 atom stereocenters. The fourth-order valence-electron chi connectivity index (χ4n) is 2.30. The summed E-state index contributed by atoms with van der Waals surface area (Å²) in [7, 11) is -3.72. The van der Waals surface area contributed by atoms with E-state index in [2.05, 4.69) is 20.3 Å². The lowest BCUT2D eigenvalue weighted by Crippen LogP contribution is -2.26. The van der Waals surface area contributed by atoms with Crippen LogP contribution in [0.1, 0.15) is 18.4 Å². The van der Waals surface area contributed by atoms with Crippen LogP contribution in [0.25, 0.3) is 0 Å². The van der Waals surface area contributed by atoms with E-state index >= 15 is 0 Å². The number of carbonyl (C=O) groups is 1. The van der Waals surface area contributed by atoms with Crippen molar-refractivity contribution < 1.29 is 13.2 Å². The van der Waals surface area contributed by atoms with Crippen molar-refractivity contribution in [2.45, 2.75) is 17.7 Å². The summed E-state index contributed by atoms with van der Waals surface area (Å²) in [5.74, 6) is -0.696. The highest BCUT2D eigenvalue weighted by molar-refractivity contribution is 7.92. The molecule has 3 aromatic rings. The zero-order valence-electron chi connectivity index (χ0n) is 14.2. The van der Waals surface area contributed by atoms with Crippen LogP contribution in [0.4, 0.5) is 5.69 Å². The Balaban J connectivity index is 1.69. The standard InChI is InChI=1S/C17H16ClN5O3S/c1-12(17(24)21-23-10-19-20-11-23)13-2-6-15(7-3-13)22-27(25,26)16-8-4-14(18)5-9-16/h2-12,22H,1H3,(H,21,24). The Bertz CT molecular complexity index is 1020. The van der Waals surface area contributed by atoms with E-state index in [0.29, 0.717) is 10.7 Å². The van der Waals surface area contributed by atoms with Crippen LogP contribution in [0.15, 0.2) is 66.1 Å². The van der Waals surface area contributed by atoms with Crippen LogP contribution in [-0.4, -0.2) is 29.2 Å². The van der Waals surface area contributed by atoms with Gasteiger partial charge in [-0.15, -0.1) is 10.2 Å². The lowest BCUT2D eigenvalue weighted by Gasteiger charge is -2.13. The highest BCUT2D eigenvalue weighted by atomic mass is 35.5. The molecule has 0 aliphatic carbocycles. The van der Waals surface area contributed by atoms with Gasteiger partial charge in [0.2, 0.25) is 5.91 Å². The number of hydrogen-bond donors (Lipinski definition) is 2. The molecule has 0 fully saturated rings. The van der Waals surface area contributed by atoms with E-state index in [4.69, 9.17) is 11.6 Å². The molecular weight excluding hydrogens is 390 g/mol. The van der Waals surface area contributed by atoms with Gasteiger partial charge in [0.1, 0.15) is 12.7 Å². The molecule has 0 saturated carbocycles. The number of sulfonamides is 1. The number of carbonyl (C=O) groups excluding carboxylic acids is 1. The molecule has 27 heavy (non-hydrogen) atoms. The largest absolute Gasteiger partial charge is 0.280 e. The van der Waals surface area contributed by atoms with E-state index < -0.39 is 15.9 Å². The number of amides is 1. The third-order valence-corrected chi connectivity index (χ3v) is 5.49. The molecule has 0 saturated heterocycles. The van der Waals surface area contributed by atoms with E-state index in [1.165, 1.54) is 41.6 Å². The van der Waals surface area contributed by atoms with E-state index in [-0.39, 0.29) is 10.8 Å². The van der Waals surface area contributed by atoms with Crippen LogP contribution in [0.3, 0.4) is 0 Å². The number of hydrogen-bond acceptors (Lipinski definition) is 5. The normalized spacial score (nSPS) is 12.4. The maximum absolute atomic E-state index is 12.4. The van der Waals surface area contributed by atoms with Crippen molar-refractivity contribution in [1.82, 2.24) is 14.9 Å². The first kappa shape index (κ1) is 18.9. The van der Waals surface area contributed by atoms with Gasteiger partial charge in [0.15, 0.2) is 0 Å². The minimum absolute atomic E-state index is 0.109. The first-order valence-corrected chi connectivity index (χ1v) is 9.75. The van der Waals surface area contributed by atoms with Crippen molar-refractivity contribution in [3.8, 4) is 0 Å². The molecule has 140 valence electrons. The molecule has 10 heteroatoms. The van der Waals surface area contributed by atoms with E-state index in [1.54, 1.807) is 31.2 Å². The van der Waals surface area contributed by atoms with Gasteiger partial charge in [-0.25, -0.2) is 13.1 Å². The van der Waals surface area contributed by atoms with Crippen molar-refractivity contribution in [3.63, 3.8) is 0 Å². The third kappa shape index (κ3) is 4.63. The summed E-state index contributed by atoms with van der Waals surface area (Å²) < 4.78 is 28.6. The molecule has 1 aromatic heterocycles. The maximum Gasteiger partial charge on any atom is 0.261 e. The van der Waals surface area contributed by atoms with Gasteiger partial charge in [-0.2, -0.15) is 0 Å². The van der Waals surface area contributed by atoms with Crippen LogP contribution in [0.2, 0.25) is 5.02 Å². The van der Waals surface area contributed by atoms with Gasteiger partial charge in [0, 0.05) is 10.7 Å². The van der Waals surface area contributed by atoms with Crippen molar-refractivity contribution in [2.75, 3.05) is 10.1 Å². The molecule has 0 spiro atoms. The number of nitrogens with one attached hydrogen (secondary N) is 2. The fourth-order valence-corrected chi connectivity index (χ4v) is 3.49. The zero-order valence-corrected chi connectivity index (χ0v) is 15.8.